The molecule has 9 heteroatoms. The van der Waals surface area contributed by atoms with Crippen molar-refractivity contribution in [1.29, 1.82) is 0 Å². The SMILES string of the molecule is NC(=O)C1CC(C(=O)Nc2cccc(NC(=O)c3cccs3)c2)=NN1c1ccccc1. The van der Waals surface area contributed by atoms with Crippen molar-refractivity contribution in [2.75, 3.05) is 15.6 Å². The Morgan fingerprint density at radius 1 is 0.935 bits per heavy atom. The number of carbonyl (C=O) groups excluding carboxylic acids is 3. The van der Waals surface area contributed by atoms with Gasteiger partial charge < -0.3 is 16.4 Å². The highest BCUT2D eigenvalue weighted by Gasteiger charge is 2.34. The lowest BCUT2D eigenvalue weighted by Crippen LogP contribution is -2.39. The zero-order chi connectivity index (χ0) is 21.8. The quantitative estimate of drug-likeness (QED) is 0.554. The van der Waals surface area contributed by atoms with Gasteiger partial charge in [-0.05, 0) is 41.8 Å². The number of hydrogen-bond acceptors (Lipinski definition) is 6. The third-order valence-electron chi connectivity index (χ3n) is 4.64. The van der Waals surface area contributed by atoms with Crippen LogP contribution < -0.4 is 21.4 Å². The molecule has 31 heavy (non-hydrogen) atoms. The van der Waals surface area contributed by atoms with Gasteiger partial charge in [-0.1, -0.05) is 30.3 Å². The van der Waals surface area contributed by atoms with E-state index in [2.05, 4.69) is 15.7 Å². The van der Waals surface area contributed by atoms with E-state index in [1.54, 1.807) is 48.5 Å². The van der Waals surface area contributed by atoms with Crippen molar-refractivity contribution in [3.05, 3.63) is 77.0 Å². The smallest absolute Gasteiger partial charge is 0.271 e. The minimum atomic E-state index is -0.737. The van der Waals surface area contributed by atoms with E-state index < -0.39 is 17.9 Å². The first kappa shape index (κ1) is 20.3. The Bertz CT molecular complexity index is 1140. The Hall–Kier alpha value is -3.98. The summed E-state index contributed by atoms with van der Waals surface area (Å²) in [6, 6.07) is 18.7. The molecule has 0 bridgehead atoms. The Morgan fingerprint density at radius 2 is 1.65 bits per heavy atom. The lowest BCUT2D eigenvalue weighted by atomic mass is 10.1. The summed E-state index contributed by atoms with van der Waals surface area (Å²) in [5.41, 5.74) is 7.43. The van der Waals surface area contributed by atoms with Gasteiger partial charge in [0.25, 0.3) is 11.8 Å². The zero-order valence-electron chi connectivity index (χ0n) is 16.3. The number of anilines is 3. The van der Waals surface area contributed by atoms with Crippen LogP contribution in [0.1, 0.15) is 16.1 Å². The summed E-state index contributed by atoms with van der Waals surface area (Å²) >= 11 is 1.34. The molecule has 4 rings (SSSR count). The van der Waals surface area contributed by atoms with Crippen LogP contribution in [-0.2, 0) is 9.59 Å². The maximum Gasteiger partial charge on any atom is 0.271 e. The van der Waals surface area contributed by atoms with Crippen LogP contribution >= 0.6 is 11.3 Å². The minimum Gasteiger partial charge on any atom is -0.368 e. The second kappa shape index (κ2) is 8.80. The number of amides is 3. The number of hydrazone groups is 1. The van der Waals surface area contributed by atoms with Crippen LogP contribution in [-0.4, -0.2) is 29.5 Å². The lowest BCUT2D eigenvalue weighted by Gasteiger charge is -2.20. The Balaban J connectivity index is 1.48. The minimum absolute atomic E-state index is 0.102. The molecule has 1 unspecified atom stereocenters. The van der Waals surface area contributed by atoms with E-state index >= 15 is 0 Å². The van der Waals surface area contributed by atoms with Crippen molar-refractivity contribution in [1.82, 2.24) is 0 Å². The second-order valence-electron chi connectivity index (χ2n) is 6.82. The molecule has 0 aliphatic carbocycles. The van der Waals surface area contributed by atoms with Gasteiger partial charge in [-0.25, -0.2) is 0 Å². The molecule has 3 aromatic rings. The molecule has 0 saturated heterocycles. The molecule has 1 atom stereocenters. The van der Waals surface area contributed by atoms with E-state index in [0.717, 1.165) is 0 Å². The highest BCUT2D eigenvalue weighted by Crippen LogP contribution is 2.25. The summed E-state index contributed by atoms with van der Waals surface area (Å²) in [5, 5.41) is 13.2. The summed E-state index contributed by atoms with van der Waals surface area (Å²) in [6.45, 7) is 0. The fourth-order valence-electron chi connectivity index (χ4n) is 3.17. The fourth-order valence-corrected chi connectivity index (χ4v) is 3.79. The molecule has 0 radical (unpaired) electrons. The number of thiophene rings is 1. The molecule has 0 fully saturated rings. The Labute approximate surface area is 182 Å². The molecule has 0 saturated carbocycles. The first-order valence-electron chi connectivity index (χ1n) is 9.48. The van der Waals surface area contributed by atoms with Crippen molar-refractivity contribution in [3.8, 4) is 0 Å². The van der Waals surface area contributed by atoms with Crippen LogP contribution in [0.5, 0.6) is 0 Å². The summed E-state index contributed by atoms with van der Waals surface area (Å²) in [7, 11) is 0. The summed E-state index contributed by atoms with van der Waals surface area (Å²) < 4.78 is 0. The highest BCUT2D eigenvalue weighted by atomic mass is 32.1. The van der Waals surface area contributed by atoms with Crippen LogP contribution in [0.4, 0.5) is 17.1 Å². The Kier molecular flexibility index (Phi) is 5.76. The maximum absolute atomic E-state index is 12.8. The number of primary amides is 1. The van der Waals surface area contributed by atoms with Gasteiger partial charge in [0.1, 0.15) is 11.8 Å². The van der Waals surface area contributed by atoms with E-state index in [0.29, 0.717) is 21.9 Å². The molecule has 3 amide bonds. The standard InChI is InChI=1S/C22H19N5O3S/c23-20(28)18-13-17(26-27(18)16-8-2-1-3-9-16)21(29)24-14-6-4-7-15(12-14)25-22(30)19-10-5-11-31-19/h1-12,18H,13H2,(H2,23,28)(H,24,29)(H,25,30). The molecule has 1 aromatic heterocycles. The maximum atomic E-state index is 12.8. The second-order valence-corrected chi connectivity index (χ2v) is 7.76. The molecule has 156 valence electrons. The van der Waals surface area contributed by atoms with Gasteiger partial charge in [0.15, 0.2) is 0 Å². The van der Waals surface area contributed by atoms with Crippen molar-refractivity contribution < 1.29 is 14.4 Å². The molecule has 0 spiro atoms. The van der Waals surface area contributed by atoms with Gasteiger partial charge in [-0.2, -0.15) is 5.10 Å². The van der Waals surface area contributed by atoms with Gasteiger partial charge in [0.2, 0.25) is 5.91 Å². The number of nitrogens with zero attached hydrogens (tertiary/aromatic N) is 2. The number of nitrogens with two attached hydrogens (primary N) is 1. The van der Waals surface area contributed by atoms with Gasteiger partial charge in [-0.3, -0.25) is 19.4 Å². The van der Waals surface area contributed by atoms with Gasteiger partial charge in [0, 0.05) is 17.8 Å². The van der Waals surface area contributed by atoms with Crippen molar-refractivity contribution >= 4 is 51.8 Å². The normalized spacial score (nSPS) is 15.3. The van der Waals surface area contributed by atoms with E-state index in [4.69, 9.17) is 5.73 Å². The first-order chi connectivity index (χ1) is 15.0. The third kappa shape index (κ3) is 4.62. The number of para-hydroxylation sites is 1. The van der Waals surface area contributed by atoms with Crippen molar-refractivity contribution in [2.45, 2.75) is 12.5 Å². The first-order valence-corrected chi connectivity index (χ1v) is 10.4. The van der Waals surface area contributed by atoms with Crippen LogP contribution in [0, 0.1) is 0 Å². The topological polar surface area (TPSA) is 117 Å². The molecule has 2 heterocycles. The number of nitrogens with one attached hydrogen (secondary N) is 2. The van der Waals surface area contributed by atoms with Crippen LogP contribution in [0.2, 0.25) is 0 Å². The third-order valence-corrected chi connectivity index (χ3v) is 5.51. The largest absolute Gasteiger partial charge is 0.368 e. The monoisotopic (exact) mass is 433 g/mol. The van der Waals surface area contributed by atoms with Gasteiger partial charge >= 0.3 is 0 Å². The molecule has 1 aliphatic heterocycles. The summed E-state index contributed by atoms with van der Waals surface area (Å²) in [5.74, 6) is -1.22. The predicted molar refractivity (Wildman–Crippen MR) is 121 cm³/mol. The van der Waals surface area contributed by atoms with E-state index in [1.807, 2.05) is 23.6 Å². The fraction of sp³-hybridized carbons (Fsp3) is 0.0909. The van der Waals surface area contributed by atoms with Gasteiger partial charge in [-0.15, -0.1) is 11.3 Å². The van der Waals surface area contributed by atoms with Crippen LogP contribution in [0.15, 0.2) is 77.2 Å². The number of benzene rings is 2. The molecular weight excluding hydrogens is 414 g/mol. The molecule has 8 nitrogen and oxygen atoms in total. The van der Waals surface area contributed by atoms with Crippen LogP contribution in [0.25, 0.3) is 0 Å². The number of hydrogen-bond donors (Lipinski definition) is 3. The van der Waals surface area contributed by atoms with E-state index in [9.17, 15) is 14.4 Å². The van der Waals surface area contributed by atoms with E-state index in [1.165, 1.54) is 16.3 Å². The molecule has 1 aliphatic rings. The summed E-state index contributed by atoms with van der Waals surface area (Å²) in [6.07, 6.45) is 0.102. The number of carbonyl (C=O) groups is 3. The average molecular weight is 433 g/mol. The van der Waals surface area contributed by atoms with Crippen molar-refractivity contribution in [3.63, 3.8) is 0 Å². The number of rotatable bonds is 6. The zero-order valence-corrected chi connectivity index (χ0v) is 17.1. The van der Waals surface area contributed by atoms with Crippen molar-refractivity contribution in [2.24, 2.45) is 10.8 Å². The molecule has 4 N–H and O–H groups in total. The van der Waals surface area contributed by atoms with Crippen LogP contribution in [0.3, 0.4) is 0 Å². The predicted octanol–water partition coefficient (Wildman–Crippen LogP) is 3.06. The molecule has 2 aromatic carbocycles. The summed E-state index contributed by atoms with van der Waals surface area (Å²) in [4.78, 5) is 37.5. The highest BCUT2D eigenvalue weighted by molar-refractivity contribution is 7.12. The lowest BCUT2D eigenvalue weighted by molar-refractivity contribution is -0.119. The Morgan fingerprint density at radius 3 is 2.29 bits per heavy atom. The van der Waals surface area contributed by atoms with E-state index in [-0.39, 0.29) is 18.0 Å². The molecular formula is C22H19N5O3S. The van der Waals surface area contributed by atoms with Gasteiger partial charge in [0.05, 0.1) is 10.6 Å². The average Bonchev–Trinajstić information content (AvgIpc) is 3.45.